The van der Waals surface area contributed by atoms with Crippen molar-refractivity contribution in [1.82, 2.24) is 9.80 Å². The second kappa shape index (κ2) is 9.82. The zero-order chi connectivity index (χ0) is 24.3. The normalized spacial score (nSPS) is 18.4. The molecular formula is C26H36FN3O2. The number of nitrogens with zero attached hydrogens (tertiary/aromatic N) is 3. The van der Waals surface area contributed by atoms with E-state index in [2.05, 4.69) is 30.3 Å². The maximum absolute atomic E-state index is 14.7. The van der Waals surface area contributed by atoms with Crippen LogP contribution in [0.2, 0.25) is 0 Å². The fourth-order valence-corrected chi connectivity index (χ4v) is 4.44. The maximum atomic E-state index is 14.7. The minimum Gasteiger partial charge on any atom is -0.381 e. The van der Waals surface area contributed by atoms with E-state index in [-0.39, 0.29) is 11.7 Å². The molecule has 0 aliphatic carbocycles. The summed E-state index contributed by atoms with van der Waals surface area (Å²) in [6.45, 7) is 18.2. The lowest BCUT2D eigenvalue weighted by Crippen LogP contribution is -2.62. The minimum atomic E-state index is -1.41. The molecule has 1 N–H and O–H groups in total. The molecule has 1 heterocycles. The summed E-state index contributed by atoms with van der Waals surface area (Å²) < 4.78 is 14.7. The van der Waals surface area contributed by atoms with E-state index in [1.165, 1.54) is 26.1 Å². The van der Waals surface area contributed by atoms with E-state index in [1.807, 2.05) is 32.9 Å². The quantitative estimate of drug-likeness (QED) is 0.510. The van der Waals surface area contributed by atoms with Crippen LogP contribution in [0.25, 0.3) is 5.57 Å². The second-order valence-corrected chi connectivity index (χ2v) is 9.29. The molecule has 0 aromatic heterocycles. The number of rotatable bonds is 6. The van der Waals surface area contributed by atoms with Gasteiger partial charge in [-0.25, -0.2) is 4.39 Å². The second-order valence-electron chi connectivity index (χ2n) is 9.29. The molecule has 1 aliphatic rings. The number of hydrogen-bond donors (Lipinski definition) is 1. The first kappa shape index (κ1) is 25.5. The predicted molar refractivity (Wildman–Crippen MR) is 130 cm³/mol. The SMILES string of the molecule is C=CN=C(C)C(/C(=C\C)c1ccccc1F)=C(\C)N1CCN(C(=O)C(C)(C)O)CC1(C)C. The molecule has 174 valence electrons. The first-order valence-electron chi connectivity index (χ1n) is 10.9. The largest absolute Gasteiger partial charge is 0.381 e. The molecular weight excluding hydrogens is 405 g/mol. The van der Waals surface area contributed by atoms with Gasteiger partial charge in [0.15, 0.2) is 0 Å². The van der Waals surface area contributed by atoms with Crippen LogP contribution in [0.5, 0.6) is 0 Å². The lowest BCUT2D eigenvalue weighted by atomic mass is 9.89. The van der Waals surface area contributed by atoms with Crippen molar-refractivity contribution >= 4 is 17.2 Å². The van der Waals surface area contributed by atoms with E-state index in [1.54, 1.807) is 17.0 Å². The molecule has 0 saturated carbocycles. The summed E-state index contributed by atoms with van der Waals surface area (Å²) >= 11 is 0. The van der Waals surface area contributed by atoms with E-state index in [4.69, 9.17) is 0 Å². The third-order valence-corrected chi connectivity index (χ3v) is 5.85. The number of allylic oxidation sites excluding steroid dienone is 4. The standard InChI is InChI=1S/C26H36FN3O2/c1-9-20(21-13-11-12-14-22(21)27)23(18(3)28-10-2)19(4)30-16-15-29(17-25(30,5)6)24(31)26(7,8)32/h9-14,32H,2,15-17H2,1,3-8H3/b20-9-,23-19-,28-18?. The summed E-state index contributed by atoms with van der Waals surface area (Å²) in [5, 5.41) is 10.2. The average Bonchev–Trinajstić information content (AvgIpc) is 2.70. The smallest absolute Gasteiger partial charge is 0.254 e. The van der Waals surface area contributed by atoms with Crippen molar-refractivity contribution in [3.8, 4) is 0 Å². The van der Waals surface area contributed by atoms with Crippen molar-refractivity contribution < 1.29 is 14.3 Å². The Morgan fingerprint density at radius 3 is 2.38 bits per heavy atom. The van der Waals surface area contributed by atoms with Crippen LogP contribution in [0, 0.1) is 5.82 Å². The van der Waals surface area contributed by atoms with E-state index < -0.39 is 11.1 Å². The average molecular weight is 442 g/mol. The monoisotopic (exact) mass is 441 g/mol. The highest BCUT2D eigenvalue weighted by molar-refractivity contribution is 6.12. The molecule has 5 nitrogen and oxygen atoms in total. The highest BCUT2D eigenvalue weighted by Crippen LogP contribution is 2.34. The third kappa shape index (κ3) is 5.36. The Kier molecular flexibility index (Phi) is 7.83. The zero-order valence-corrected chi connectivity index (χ0v) is 20.4. The molecule has 1 aromatic carbocycles. The van der Waals surface area contributed by atoms with Gasteiger partial charge in [0.05, 0.1) is 5.54 Å². The number of carbonyl (C=O) groups is 1. The summed E-state index contributed by atoms with van der Waals surface area (Å²) in [6.07, 6.45) is 3.39. The minimum absolute atomic E-state index is 0.281. The van der Waals surface area contributed by atoms with Gasteiger partial charge in [0, 0.05) is 48.4 Å². The number of piperazine rings is 1. The molecule has 0 bridgehead atoms. The Morgan fingerprint density at radius 1 is 1.25 bits per heavy atom. The predicted octanol–water partition coefficient (Wildman–Crippen LogP) is 4.80. The number of aliphatic hydroxyl groups is 1. The van der Waals surface area contributed by atoms with Crippen molar-refractivity contribution in [2.75, 3.05) is 19.6 Å². The van der Waals surface area contributed by atoms with Crippen LogP contribution in [0.4, 0.5) is 4.39 Å². The molecule has 0 atom stereocenters. The van der Waals surface area contributed by atoms with E-state index in [0.717, 1.165) is 22.6 Å². The molecule has 1 aromatic rings. The number of benzene rings is 1. The van der Waals surface area contributed by atoms with Gasteiger partial charge in [-0.05, 0) is 60.1 Å². The van der Waals surface area contributed by atoms with Crippen LogP contribution in [-0.4, -0.2) is 57.3 Å². The molecule has 32 heavy (non-hydrogen) atoms. The van der Waals surface area contributed by atoms with Crippen LogP contribution in [-0.2, 0) is 4.79 Å². The number of aliphatic imine (C=N–C) groups is 1. The number of halogens is 1. The lowest BCUT2D eigenvalue weighted by molar-refractivity contribution is -0.152. The summed E-state index contributed by atoms with van der Waals surface area (Å²) in [4.78, 5) is 21.0. The molecule has 0 radical (unpaired) electrons. The zero-order valence-electron chi connectivity index (χ0n) is 20.4. The Bertz CT molecular complexity index is 968. The van der Waals surface area contributed by atoms with Gasteiger partial charge < -0.3 is 14.9 Å². The molecule has 0 spiro atoms. The Labute approximate surface area is 191 Å². The van der Waals surface area contributed by atoms with Crippen LogP contribution in [0.15, 0.2) is 59.4 Å². The van der Waals surface area contributed by atoms with Gasteiger partial charge in [-0.15, -0.1) is 0 Å². The topological polar surface area (TPSA) is 56.1 Å². The Morgan fingerprint density at radius 2 is 1.88 bits per heavy atom. The van der Waals surface area contributed by atoms with Crippen molar-refractivity contribution in [1.29, 1.82) is 0 Å². The fraction of sp³-hybridized carbons (Fsp3) is 0.462. The molecule has 1 fully saturated rings. The number of carbonyl (C=O) groups excluding carboxylic acids is 1. The first-order chi connectivity index (χ1) is 14.8. The van der Waals surface area contributed by atoms with Gasteiger partial charge >= 0.3 is 0 Å². The van der Waals surface area contributed by atoms with Gasteiger partial charge in [0.1, 0.15) is 11.4 Å². The van der Waals surface area contributed by atoms with Crippen LogP contribution < -0.4 is 0 Å². The molecule has 1 saturated heterocycles. The lowest BCUT2D eigenvalue weighted by Gasteiger charge is -2.50. The summed E-state index contributed by atoms with van der Waals surface area (Å²) in [5.74, 6) is -0.575. The highest BCUT2D eigenvalue weighted by atomic mass is 19.1. The molecule has 1 aliphatic heterocycles. The summed E-state index contributed by atoms with van der Waals surface area (Å²) in [5.41, 5.74) is 1.98. The van der Waals surface area contributed by atoms with E-state index in [0.29, 0.717) is 25.2 Å². The van der Waals surface area contributed by atoms with Crippen LogP contribution >= 0.6 is 0 Å². The maximum Gasteiger partial charge on any atom is 0.254 e. The summed E-state index contributed by atoms with van der Waals surface area (Å²) in [6, 6.07) is 6.72. The van der Waals surface area contributed by atoms with Crippen LogP contribution in [0.1, 0.15) is 54.0 Å². The Hall–Kier alpha value is -2.73. The summed E-state index contributed by atoms with van der Waals surface area (Å²) in [7, 11) is 0. The van der Waals surface area contributed by atoms with Crippen molar-refractivity contribution in [2.45, 2.75) is 59.6 Å². The van der Waals surface area contributed by atoms with Gasteiger partial charge in [-0.2, -0.15) is 0 Å². The molecule has 2 rings (SSSR count). The van der Waals surface area contributed by atoms with Gasteiger partial charge in [-0.3, -0.25) is 9.79 Å². The molecule has 0 unspecified atom stereocenters. The van der Waals surface area contributed by atoms with Crippen LogP contribution in [0.3, 0.4) is 0 Å². The van der Waals surface area contributed by atoms with E-state index >= 15 is 0 Å². The van der Waals surface area contributed by atoms with Crippen molar-refractivity contribution in [3.63, 3.8) is 0 Å². The van der Waals surface area contributed by atoms with E-state index in [9.17, 15) is 14.3 Å². The number of amides is 1. The first-order valence-corrected chi connectivity index (χ1v) is 10.9. The fourth-order valence-electron chi connectivity index (χ4n) is 4.44. The van der Waals surface area contributed by atoms with Crippen molar-refractivity contribution in [2.24, 2.45) is 4.99 Å². The number of hydrogen-bond acceptors (Lipinski definition) is 4. The Balaban J connectivity index is 2.58. The molecule has 1 amide bonds. The molecule has 6 heteroatoms. The van der Waals surface area contributed by atoms with Gasteiger partial charge in [0.2, 0.25) is 0 Å². The highest BCUT2D eigenvalue weighted by Gasteiger charge is 2.40. The van der Waals surface area contributed by atoms with Gasteiger partial charge in [-0.1, -0.05) is 30.9 Å². The van der Waals surface area contributed by atoms with Gasteiger partial charge in [0.25, 0.3) is 5.91 Å². The third-order valence-electron chi connectivity index (χ3n) is 5.85. The van der Waals surface area contributed by atoms with Crippen molar-refractivity contribution in [3.05, 3.63) is 65.8 Å².